The molecule has 2 aromatic rings. The quantitative estimate of drug-likeness (QED) is 0.479. The number of halogens is 1. The fraction of sp³-hybridized carbons (Fsp3) is 0.571. The molecule has 0 radical (unpaired) electrons. The highest BCUT2D eigenvalue weighted by atomic mass is 19.1. The number of phenolic OH excluding ortho intramolecular Hbond substituents is 1. The maximum atomic E-state index is 15.9. The highest BCUT2D eigenvalue weighted by Gasteiger charge is 2.48. The smallest absolute Gasteiger partial charge is 0.237 e. The molecule has 1 aromatic heterocycles. The SMILES string of the molecule is CCc1cc(O)ccc1C1CCC2C(c3ncc(C4=CCN(C(=O)CN5CCCC5)C4)[nH]3)NNC2C1F. The van der Waals surface area contributed by atoms with Gasteiger partial charge in [-0.05, 0) is 74.0 Å². The summed E-state index contributed by atoms with van der Waals surface area (Å²) in [4.78, 5) is 25.0. The molecule has 1 aromatic carbocycles. The molecule has 5 atom stereocenters. The van der Waals surface area contributed by atoms with Crippen LogP contribution >= 0.6 is 0 Å². The molecule has 3 fully saturated rings. The number of aryl methyl sites for hydroxylation is 1. The molecular formula is C28H37FN6O2. The first kappa shape index (κ1) is 24.6. The lowest BCUT2D eigenvalue weighted by molar-refractivity contribution is -0.130. The van der Waals surface area contributed by atoms with Crippen molar-refractivity contribution in [3.63, 3.8) is 0 Å². The van der Waals surface area contributed by atoms with Crippen LogP contribution in [0.1, 0.15) is 67.2 Å². The van der Waals surface area contributed by atoms with E-state index in [2.05, 4.69) is 31.8 Å². The molecule has 6 rings (SSSR count). The van der Waals surface area contributed by atoms with E-state index >= 15 is 4.39 Å². The van der Waals surface area contributed by atoms with E-state index in [1.54, 1.807) is 12.1 Å². The van der Waals surface area contributed by atoms with Crippen LogP contribution in [0.3, 0.4) is 0 Å². The maximum absolute atomic E-state index is 15.9. The first-order valence-electron chi connectivity index (χ1n) is 13.7. The minimum Gasteiger partial charge on any atom is -0.508 e. The Morgan fingerprint density at radius 1 is 1.22 bits per heavy atom. The Morgan fingerprint density at radius 3 is 2.86 bits per heavy atom. The zero-order chi connectivity index (χ0) is 25.5. The van der Waals surface area contributed by atoms with Crippen LogP contribution in [0.15, 0.2) is 30.5 Å². The highest BCUT2D eigenvalue weighted by Crippen LogP contribution is 2.45. The van der Waals surface area contributed by atoms with Gasteiger partial charge in [0.05, 0.1) is 30.5 Å². The summed E-state index contributed by atoms with van der Waals surface area (Å²) >= 11 is 0. The zero-order valence-electron chi connectivity index (χ0n) is 21.4. The monoisotopic (exact) mass is 508 g/mol. The zero-order valence-corrected chi connectivity index (χ0v) is 21.4. The molecule has 4 heterocycles. The number of nitrogens with zero attached hydrogens (tertiary/aromatic N) is 3. The third-order valence-electron chi connectivity index (χ3n) is 8.81. The number of likely N-dealkylation sites (tertiary alicyclic amines) is 1. The van der Waals surface area contributed by atoms with E-state index < -0.39 is 6.17 Å². The van der Waals surface area contributed by atoms with Gasteiger partial charge in [0.2, 0.25) is 5.91 Å². The van der Waals surface area contributed by atoms with E-state index in [0.29, 0.717) is 19.6 Å². The minimum atomic E-state index is -1.03. The summed E-state index contributed by atoms with van der Waals surface area (Å²) in [6.45, 7) is 5.81. The number of H-pyrrole nitrogens is 1. The Bertz CT molecular complexity index is 1180. The normalized spacial score (nSPS) is 30.1. The molecule has 4 N–H and O–H groups in total. The topological polar surface area (TPSA) is 96.5 Å². The van der Waals surface area contributed by atoms with Gasteiger partial charge in [0.1, 0.15) is 17.7 Å². The van der Waals surface area contributed by atoms with Gasteiger partial charge in [-0.1, -0.05) is 19.1 Å². The number of imidazole rings is 1. The van der Waals surface area contributed by atoms with Gasteiger partial charge in [0.25, 0.3) is 0 Å². The number of fused-ring (bicyclic) bond motifs is 1. The van der Waals surface area contributed by atoms with Crippen LogP contribution < -0.4 is 10.9 Å². The second kappa shape index (κ2) is 10.2. The largest absolute Gasteiger partial charge is 0.508 e. The van der Waals surface area contributed by atoms with Gasteiger partial charge in [-0.25, -0.2) is 14.8 Å². The van der Waals surface area contributed by atoms with Crippen molar-refractivity contribution in [2.24, 2.45) is 5.92 Å². The van der Waals surface area contributed by atoms with Crippen LogP contribution in [-0.2, 0) is 11.2 Å². The summed E-state index contributed by atoms with van der Waals surface area (Å²) < 4.78 is 15.9. The molecule has 1 aliphatic carbocycles. The molecule has 198 valence electrons. The van der Waals surface area contributed by atoms with E-state index in [4.69, 9.17) is 0 Å². The number of alkyl halides is 1. The predicted molar refractivity (Wildman–Crippen MR) is 139 cm³/mol. The summed E-state index contributed by atoms with van der Waals surface area (Å²) in [6, 6.07) is 4.91. The fourth-order valence-corrected chi connectivity index (χ4v) is 6.74. The van der Waals surface area contributed by atoms with E-state index in [1.807, 2.05) is 24.1 Å². The number of hydrogen-bond donors (Lipinski definition) is 4. The molecular weight excluding hydrogens is 471 g/mol. The molecule has 5 unspecified atom stereocenters. The summed E-state index contributed by atoms with van der Waals surface area (Å²) in [5, 5.41) is 9.87. The number of rotatable bonds is 6. The molecule has 4 aliphatic rings. The minimum absolute atomic E-state index is 0.0866. The predicted octanol–water partition coefficient (Wildman–Crippen LogP) is 3.05. The molecule has 8 nitrogen and oxygen atoms in total. The first-order valence-corrected chi connectivity index (χ1v) is 13.7. The number of benzene rings is 1. The average Bonchev–Trinajstić information content (AvgIpc) is 3.70. The molecule has 9 heteroatoms. The van der Waals surface area contributed by atoms with Crippen molar-refractivity contribution in [3.8, 4) is 5.75 Å². The number of hydrogen-bond acceptors (Lipinski definition) is 6. The van der Waals surface area contributed by atoms with Crippen molar-refractivity contribution in [1.82, 2.24) is 30.6 Å². The van der Waals surface area contributed by atoms with Gasteiger partial charge in [0.15, 0.2) is 0 Å². The Hall–Kier alpha value is -2.75. The van der Waals surface area contributed by atoms with Crippen molar-refractivity contribution in [2.75, 3.05) is 32.7 Å². The van der Waals surface area contributed by atoms with Gasteiger partial charge in [0, 0.05) is 24.9 Å². The fourth-order valence-electron chi connectivity index (χ4n) is 6.74. The number of hydrazine groups is 1. The summed E-state index contributed by atoms with van der Waals surface area (Å²) in [5.74, 6) is 1.12. The molecule has 3 aliphatic heterocycles. The molecule has 37 heavy (non-hydrogen) atoms. The Morgan fingerprint density at radius 2 is 2.05 bits per heavy atom. The van der Waals surface area contributed by atoms with Crippen molar-refractivity contribution in [2.45, 2.75) is 63.2 Å². The van der Waals surface area contributed by atoms with Gasteiger partial charge >= 0.3 is 0 Å². The second-order valence-corrected chi connectivity index (χ2v) is 11.0. The second-order valence-electron chi connectivity index (χ2n) is 11.0. The molecule has 0 bridgehead atoms. The lowest BCUT2D eigenvalue weighted by atomic mass is 9.71. The van der Waals surface area contributed by atoms with Gasteiger partial charge in [-0.2, -0.15) is 0 Å². The number of aromatic nitrogens is 2. The molecule has 0 spiro atoms. The van der Waals surface area contributed by atoms with Crippen molar-refractivity contribution in [1.29, 1.82) is 0 Å². The number of aromatic amines is 1. The average molecular weight is 509 g/mol. The van der Waals surface area contributed by atoms with Crippen LogP contribution in [0.25, 0.3) is 5.57 Å². The van der Waals surface area contributed by atoms with Crippen molar-refractivity contribution >= 4 is 11.5 Å². The summed E-state index contributed by atoms with van der Waals surface area (Å²) in [5.41, 5.74) is 10.6. The third kappa shape index (κ3) is 4.69. The Balaban J connectivity index is 1.10. The van der Waals surface area contributed by atoms with Crippen molar-refractivity contribution in [3.05, 3.63) is 53.1 Å². The summed E-state index contributed by atoms with van der Waals surface area (Å²) in [7, 11) is 0. The lowest BCUT2D eigenvalue weighted by Crippen LogP contribution is -2.45. The van der Waals surface area contributed by atoms with Crippen LogP contribution in [0, 0.1) is 5.92 Å². The number of phenols is 1. The van der Waals surface area contributed by atoms with E-state index in [9.17, 15) is 9.90 Å². The van der Waals surface area contributed by atoms with E-state index in [1.165, 1.54) is 12.8 Å². The molecule has 1 saturated carbocycles. The number of carbonyl (C=O) groups excluding carboxylic acids is 1. The Labute approximate surface area is 217 Å². The van der Waals surface area contributed by atoms with Crippen LogP contribution in [0.2, 0.25) is 0 Å². The highest BCUT2D eigenvalue weighted by molar-refractivity contribution is 5.82. The number of amides is 1. The molecule has 1 amide bonds. The van der Waals surface area contributed by atoms with Gasteiger partial charge in [-0.3, -0.25) is 15.1 Å². The maximum Gasteiger partial charge on any atom is 0.237 e. The number of aromatic hydroxyl groups is 1. The van der Waals surface area contributed by atoms with Crippen molar-refractivity contribution < 1.29 is 14.3 Å². The van der Waals surface area contributed by atoms with Gasteiger partial charge < -0.3 is 15.0 Å². The first-order chi connectivity index (χ1) is 18.0. The van der Waals surface area contributed by atoms with Gasteiger partial charge in [-0.15, -0.1) is 0 Å². The number of carbonyl (C=O) groups is 1. The van der Waals surface area contributed by atoms with Crippen LogP contribution in [0.4, 0.5) is 4.39 Å². The van der Waals surface area contributed by atoms with Crippen LogP contribution in [-0.4, -0.2) is 75.7 Å². The summed E-state index contributed by atoms with van der Waals surface area (Å²) in [6.07, 6.45) is 7.67. The van der Waals surface area contributed by atoms with Crippen LogP contribution in [0.5, 0.6) is 5.75 Å². The Kier molecular flexibility index (Phi) is 6.77. The molecule has 2 saturated heterocycles. The lowest BCUT2D eigenvalue weighted by Gasteiger charge is -2.36. The standard InChI is InChI=1S/C28H37FN6O2/c1-2-17-13-19(36)5-6-20(17)21-7-8-22-26(25(21)29)32-33-27(22)28-30-14-23(31-28)18-9-12-35(15-18)24(37)16-34-10-3-4-11-34/h5-6,9,13-14,21-22,25-27,32-33,36H,2-4,7-8,10-12,15-16H2,1H3,(H,30,31). The number of nitrogens with one attached hydrogen (secondary N) is 3. The van der Waals surface area contributed by atoms with E-state index in [0.717, 1.165) is 60.6 Å². The van der Waals surface area contributed by atoms with E-state index in [-0.39, 0.29) is 35.6 Å². The third-order valence-corrected chi connectivity index (χ3v) is 8.81.